The van der Waals surface area contributed by atoms with Gasteiger partial charge in [-0.3, -0.25) is 4.90 Å². The van der Waals surface area contributed by atoms with E-state index in [0.29, 0.717) is 18.5 Å². The Bertz CT molecular complexity index is 830. The van der Waals surface area contributed by atoms with Gasteiger partial charge in [0, 0.05) is 56.7 Å². The van der Waals surface area contributed by atoms with E-state index in [-0.39, 0.29) is 19.3 Å². The second kappa shape index (κ2) is 12.9. The molecule has 1 aromatic carbocycles. The number of rotatable bonds is 10. The van der Waals surface area contributed by atoms with Gasteiger partial charge in [-0.2, -0.15) is 0 Å². The predicted octanol–water partition coefficient (Wildman–Crippen LogP) is 3.09. The fourth-order valence-corrected chi connectivity index (χ4v) is 5.17. The van der Waals surface area contributed by atoms with E-state index in [1.165, 1.54) is 11.3 Å². The van der Waals surface area contributed by atoms with Gasteiger partial charge >= 0.3 is 0 Å². The van der Waals surface area contributed by atoms with E-state index < -0.39 is 0 Å². The maximum atomic E-state index is 9.53. The van der Waals surface area contributed by atoms with Crippen LogP contribution in [0, 0.1) is 11.8 Å². The molecule has 7 nitrogen and oxygen atoms in total. The van der Waals surface area contributed by atoms with Crippen molar-refractivity contribution in [2.45, 2.75) is 39.2 Å². The molecule has 3 atom stereocenters. The van der Waals surface area contributed by atoms with E-state index in [0.717, 1.165) is 69.1 Å². The fraction of sp³-hybridized carbons (Fsp3) is 0.593. The number of amidine groups is 1. The molecule has 1 heterocycles. The van der Waals surface area contributed by atoms with Gasteiger partial charge in [-0.15, -0.1) is 0 Å². The monoisotopic (exact) mass is 469 g/mol. The summed E-state index contributed by atoms with van der Waals surface area (Å²) in [6.45, 7) is 18.1. The lowest BCUT2D eigenvalue weighted by atomic mass is 9.74. The van der Waals surface area contributed by atoms with Crippen molar-refractivity contribution in [3.8, 4) is 0 Å². The summed E-state index contributed by atoms with van der Waals surface area (Å²) in [5.74, 6) is 1.63. The fourth-order valence-electron chi connectivity index (χ4n) is 5.17. The first-order valence-electron chi connectivity index (χ1n) is 12.6. The number of hydrogen-bond acceptors (Lipinski definition) is 6. The zero-order valence-electron chi connectivity index (χ0n) is 21.0. The van der Waals surface area contributed by atoms with Gasteiger partial charge in [0.2, 0.25) is 0 Å². The van der Waals surface area contributed by atoms with Gasteiger partial charge in [-0.1, -0.05) is 25.7 Å². The Hall–Kier alpha value is -2.35. The minimum atomic E-state index is 0.193. The Morgan fingerprint density at radius 1 is 1.09 bits per heavy atom. The molecular formula is C27H43N5O2. The molecule has 0 amide bonds. The second-order valence-corrected chi connectivity index (χ2v) is 9.80. The Morgan fingerprint density at radius 3 is 2.41 bits per heavy atom. The van der Waals surface area contributed by atoms with E-state index in [1.54, 1.807) is 0 Å². The van der Waals surface area contributed by atoms with Crippen LogP contribution in [0.1, 0.15) is 33.1 Å². The highest BCUT2D eigenvalue weighted by Gasteiger charge is 2.32. The van der Waals surface area contributed by atoms with Crippen LogP contribution in [0.4, 0.5) is 11.4 Å². The van der Waals surface area contributed by atoms with Gasteiger partial charge in [0.15, 0.2) is 0 Å². The van der Waals surface area contributed by atoms with E-state index in [2.05, 4.69) is 64.8 Å². The molecule has 0 spiro atoms. The van der Waals surface area contributed by atoms with E-state index in [4.69, 9.17) is 10.1 Å². The minimum Gasteiger partial charge on any atom is -0.396 e. The Morgan fingerprint density at radius 2 is 1.79 bits per heavy atom. The third kappa shape index (κ3) is 7.32. The van der Waals surface area contributed by atoms with Crippen LogP contribution >= 0.6 is 0 Å². The first-order valence-corrected chi connectivity index (χ1v) is 12.6. The van der Waals surface area contributed by atoms with E-state index in [1.807, 2.05) is 6.92 Å². The van der Waals surface area contributed by atoms with Crippen LogP contribution in [0.25, 0.3) is 0 Å². The van der Waals surface area contributed by atoms with Crippen molar-refractivity contribution in [3.63, 3.8) is 0 Å². The SMILES string of the molecule is C=C1CC(C)[C@H](N/C(=N/CNc2ccc(N3CCN(CCO)CC3)cc2)C(=C)C)C(CCO)C1. The molecule has 1 aromatic rings. The zero-order valence-corrected chi connectivity index (χ0v) is 21.0. The van der Waals surface area contributed by atoms with E-state index >= 15 is 0 Å². The lowest BCUT2D eigenvalue weighted by Gasteiger charge is -2.39. The topological polar surface area (TPSA) is 83.4 Å². The van der Waals surface area contributed by atoms with Crippen molar-refractivity contribution >= 4 is 17.2 Å². The molecule has 3 rings (SSSR count). The lowest BCUT2D eigenvalue weighted by Crippen LogP contribution is -2.47. The molecule has 1 aliphatic heterocycles. The Balaban J connectivity index is 1.55. The Labute approximate surface area is 205 Å². The van der Waals surface area contributed by atoms with Crippen LogP contribution < -0.4 is 15.5 Å². The van der Waals surface area contributed by atoms with Crippen LogP contribution in [-0.4, -0.2) is 79.6 Å². The van der Waals surface area contributed by atoms with Crippen molar-refractivity contribution in [3.05, 3.63) is 48.6 Å². The number of aliphatic hydroxyl groups excluding tert-OH is 2. The van der Waals surface area contributed by atoms with Crippen LogP contribution in [0.5, 0.6) is 0 Å². The van der Waals surface area contributed by atoms with Gasteiger partial charge in [-0.05, 0) is 67.9 Å². The quantitative estimate of drug-likeness (QED) is 0.239. The average Bonchev–Trinajstić information content (AvgIpc) is 2.81. The maximum Gasteiger partial charge on any atom is 0.125 e. The number of nitrogens with one attached hydrogen (secondary N) is 2. The third-order valence-corrected chi connectivity index (χ3v) is 7.03. The highest BCUT2D eigenvalue weighted by atomic mass is 16.3. The summed E-state index contributed by atoms with van der Waals surface area (Å²) >= 11 is 0. The third-order valence-electron chi connectivity index (χ3n) is 7.03. The standard InChI is InChI=1S/C27H43N5O2/c1-20(2)27(30-26-22(4)17-21(3)18-23(26)9-15-33)29-19-28-24-5-7-25(8-6-24)32-12-10-31(11-13-32)14-16-34/h5-8,22-23,26,28,33-34H,1,3,9-19H2,2,4H3,(H,29,30)/t22?,23?,26-/m0/s1. The molecule has 0 aromatic heterocycles. The van der Waals surface area contributed by atoms with E-state index in [9.17, 15) is 5.11 Å². The molecule has 7 heteroatoms. The van der Waals surface area contributed by atoms with Crippen LogP contribution in [-0.2, 0) is 0 Å². The highest BCUT2D eigenvalue weighted by molar-refractivity contribution is 5.97. The van der Waals surface area contributed by atoms with Crippen molar-refractivity contribution in [1.82, 2.24) is 10.2 Å². The molecule has 34 heavy (non-hydrogen) atoms. The number of anilines is 2. The van der Waals surface area contributed by atoms with Crippen molar-refractivity contribution in [2.75, 3.05) is 62.8 Å². The molecule has 2 aliphatic rings. The number of allylic oxidation sites excluding steroid dienone is 1. The number of aliphatic imine (C=N–C) groups is 1. The zero-order chi connectivity index (χ0) is 24.5. The van der Waals surface area contributed by atoms with Crippen LogP contribution in [0.3, 0.4) is 0 Å². The molecule has 2 unspecified atom stereocenters. The summed E-state index contributed by atoms with van der Waals surface area (Å²) in [6.07, 6.45) is 2.73. The number of benzene rings is 1. The number of aliphatic hydroxyl groups is 2. The summed E-state index contributed by atoms with van der Waals surface area (Å²) in [4.78, 5) is 9.46. The molecule has 1 saturated carbocycles. The van der Waals surface area contributed by atoms with Gasteiger partial charge in [0.1, 0.15) is 12.5 Å². The lowest BCUT2D eigenvalue weighted by molar-refractivity contribution is 0.189. The first-order chi connectivity index (χ1) is 16.4. The second-order valence-electron chi connectivity index (χ2n) is 9.80. The average molecular weight is 470 g/mol. The van der Waals surface area contributed by atoms with Crippen molar-refractivity contribution in [2.24, 2.45) is 16.8 Å². The van der Waals surface area contributed by atoms with Crippen molar-refractivity contribution < 1.29 is 10.2 Å². The van der Waals surface area contributed by atoms with Gasteiger partial charge in [-0.25, -0.2) is 4.99 Å². The highest BCUT2D eigenvalue weighted by Crippen LogP contribution is 2.34. The summed E-state index contributed by atoms with van der Waals surface area (Å²) in [7, 11) is 0. The smallest absolute Gasteiger partial charge is 0.125 e. The van der Waals surface area contributed by atoms with Crippen LogP contribution in [0.2, 0.25) is 0 Å². The molecule has 1 saturated heterocycles. The number of piperazine rings is 1. The van der Waals surface area contributed by atoms with Gasteiger partial charge in [0.05, 0.1) is 6.61 Å². The molecule has 2 fully saturated rings. The first kappa shape index (κ1) is 26.3. The summed E-state index contributed by atoms with van der Waals surface area (Å²) in [5.41, 5.74) is 4.45. The van der Waals surface area contributed by atoms with Crippen molar-refractivity contribution in [1.29, 1.82) is 0 Å². The molecule has 1 aliphatic carbocycles. The molecule has 188 valence electrons. The molecule has 0 bridgehead atoms. The maximum absolute atomic E-state index is 9.53. The van der Waals surface area contributed by atoms with Gasteiger partial charge in [0.25, 0.3) is 0 Å². The number of β-amino-alcohol motifs (C(OH)–C–C–N with tert-alkyl or cyclic N) is 1. The minimum absolute atomic E-state index is 0.193. The normalized spacial score (nSPS) is 24.2. The molecule has 0 radical (unpaired) electrons. The number of nitrogens with zero attached hydrogens (tertiary/aromatic N) is 3. The molecule has 4 N–H and O–H groups in total. The number of hydrogen-bond donors (Lipinski definition) is 4. The Kier molecular flexibility index (Phi) is 9.99. The van der Waals surface area contributed by atoms with Crippen LogP contribution in [0.15, 0.2) is 53.6 Å². The largest absolute Gasteiger partial charge is 0.396 e. The summed E-state index contributed by atoms with van der Waals surface area (Å²) in [5, 5.41) is 25.7. The van der Waals surface area contributed by atoms with Gasteiger partial charge < -0.3 is 25.7 Å². The molecular weight excluding hydrogens is 426 g/mol. The predicted molar refractivity (Wildman–Crippen MR) is 143 cm³/mol. The summed E-state index contributed by atoms with van der Waals surface area (Å²) < 4.78 is 0. The summed E-state index contributed by atoms with van der Waals surface area (Å²) in [6, 6.07) is 8.77.